The van der Waals surface area contributed by atoms with Gasteiger partial charge in [0.05, 0.1) is 16.3 Å². The minimum Gasteiger partial charge on any atom is -0.619 e. The number of hydrogen-bond acceptors (Lipinski definition) is 7. The van der Waals surface area contributed by atoms with Crippen molar-refractivity contribution in [3.63, 3.8) is 0 Å². The monoisotopic (exact) mass is 348 g/mol. The van der Waals surface area contributed by atoms with Crippen LogP contribution in [0, 0.1) is 5.21 Å². The molecular formula is C17H12N6OS. The van der Waals surface area contributed by atoms with Gasteiger partial charge in [0.1, 0.15) is 12.0 Å². The van der Waals surface area contributed by atoms with Gasteiger partial charge in [0.2, 0.25) is 12.1 Å². The van der Waals surface area contributed by atoms with Crippen molar-refractivity contribution in [1.82, 2.24) is 19.9 Å². The van der Waals surface area contributed by atoms with Gasteiger partial charge in [-0.1, -0.05) is 6.07 Å². The highest BCUT2D eigenvalue weighted by Crippen LogP contribution is 2.32. The maximum Gasteiger partial charge on any atom is 0.227 e. The molecule has 122 valence electrons. The van der Waals surface area contributed by atoms with Gasteiger partial charge in [-0.15, -0.1) is 11.3 Å². The van der Waals surface area contributed by atoms with Crippen LogP contribution in [0.3, 0.4) is 0 Å². The Bertz CT molecular complexity index is 991. The zero-order valence-corrected chi connectivity index (χ0v) is 13.7. The molecule has 0 saturated heterocycles. The lowest BCUT2D eigenvalue weighted by atomic mass is 10.1. The highest BCUT2D eigenvalue weighted by atomic mass is 32.1. The Morgan fingerprint density at radius 1 is 1.12 bits per heavy atom. The summed E-state index contributed by atoms with van der Waals surface area (Å²) in [5.74, 6) is 0.410. The molecule has 0 aromatic carbocycles. The molecule has 4 heterocycles. The summed E-state index contributed by atoms with van der Waals surface area (Å²) in [6.45, 7) is 0. The van der Waals surface area contributed by atoms with Crippen LogP contribution in [-0.4, -0.2) is 19.9 Å². The Labute approximate surface area is 147 Å². The second-order valence-electron chi connectivity index (χ2n) is 5.11. The van der Waals surface area contributed by atoms with Gasteiger partial charge in [-0.25, -0.2) is 19.9 Å². The molecule has 7 nitrogen and oxygen atoms in total. The molecule has 4 aromatic heterocycles. The first-order valence-corrected chi connectivity index (χ1v) is 8.31. The largest absolute Gasteiger partial charge is 0.619 e. The van der Waals surface area contributed by atoms with Crippen LogP contribution in [0.5, 0.6) is 0 Å². The van der Waals surface area contributed by atoms with E-state index in [1.807, 2.05) is 23.6 Å². The second-order valence-corrected chi connectivity index (χ2v) is 6.05. The highest BCUT2D eigenvalue weighted by molar-refractivity contribution is 7.13. The molecule has 0 spiro atoms. The van der Waals surface area contributed by atoms with E-state index in [2.05, 4.69) is 25.3 Å². The van der Waals surface area contributed by atoms with Crippen LogP contribution in [-0.2, 0) is 0 Å². The number of aromatic nitrogens is 5. The first-order valence-electron chi connectivity index (χ1n) is 7.43. The standard InChI is InChI=1S/C17H12N6OS/c24-23-7-1-3-12(10-23)21-17-19-9-13(14-5-6-18-11-20-14)16(22-17)15-4-2-8-25-15/h1-11H,(H,19,21,22). The Morgan fingerprint density at radius 2 is 2.08 bits per heavy atom. The smallest absolute Gasteiger partial charge is 0.227 e. The number of rotatable bonds is 4. The van der Waals surface area contributed by atoms with Crippen LogP contribution in [0.25, 0.3) is 21.8 Å². The van der Waals surface area contributed by atoms with Crippen LogP contribution >= 0.6 is 11.3 Å². The Morgan fingerprint density at radius 3 is 2.84 bits per heavy atom. The fraction of sp³-hybridized carbons (Fsp3) is 0. The quantitative estimate of drug-likeness (QED) is 0.450. The number of nitrogens with zero attached hydrogens (tertiary/aromatic N) is 5. The summed E-state index contributed by atoms with van der Waals surface area (Å²) < 4.78 is 0.720. The zero-order chi connectivity index (χ0) is 17.1. The summed E-state index contributed by atoms with van der Waals surface area (Å²) in [5, 5.41) is 16.4. The first-order chi connectivity index (χ1) is 12.3. The van der Waals surface area contributed by atoms with E-state index in [1.165, 1.54) is 18.7 Å². The number of pyridine rings is 1. The van der Waals surface area contributed by atoms with Crippen LogP contribution in [0.1, 0.15) is 0 Å². The Balaban J connectivity index is 1.77. The summed E-state index contributed by atoms with van der Waals surface area (Å²) >= 11 is 1.59. The van der Waals surface area contributed by atoms with Gasteiger partial charge in [-0.3, -0.25) is 0 Å². The van der Waals surface area contributed by atoms with Crippen LogP contribution < -0.4 is 10.0 Å². The van der Waals surface area contributed by atoms with E-state index in [4.69, 9.17) is 0 Å². The molecule has 4 aromatic rings. The number of thiophene rings is 1. The lowest BCUT2D eigenvalue weighted by Crippen LogP contribution is -2.24. The van der Waals surface area contributed by atoms with Gasteiger partial charge in [-0.05, 0) is 23.6 Å². The first kappa shape index (κ1) is 15.2. The van der Waals surface area contributed by atoms with E-state index < -0.39 is 0 Å². The van der Waals surface area contributed by atoms with Crippen molar-refractivity contribution in [1.29, 1.82) is 0 Å². The molecule has 0 fully saturated rings. The van der Waals surface area contributed by atoms with Crippen molar-refractivity contribution in [3.8, 4) is 21.8 Å². The average Bonchev–Trinajstić information content (AvgIpc) is 3.17. The summed E-state index contributed by atoms with van der Waals surface area (Å²) in [6.07, 6.45) is 7.75. The molecule has 0 aliphatic heterocycles. The van der Waals surface area contributed by atoms with Crippen molar-refractivity contribution in [2.24, 2.45) is 0 Å². The third kappa shape index (κ3) is 3.29. The normalized spacial score (nSPS) is 10.6. The Kier molecular flexibility index (Phi) is 4.01. The fourth-order valence-electron chi connectivity index (χ4n) is 2.34. The summed E-state index contributed by atoms with van der Waals surface area (Å²) in [7, 11) is 0. The number of anilines is 2. The topological polar surface area (TPSA) is 90.5 Å². The van der Waals surface area contributed by atoms with E-state index in [0.29, 0.717) is 11.6 Å². The molecule has 0 bridgehead atoms. The van der Waals surface area contributed by atoms with E-state index in [1.54, 1.807) is 35.9 Å². The minimum atomic E-state index is 0.410. The predicted molar refractivity (Wildman–Crippen MR) is 95.1 cm³/mol. The van der Waals surface area contributed by atoms with Gasteiger partial charge >= 0.3 is 0 Å². The van der Waals surface area contributed by atoms with Crippen LogP contribution in [0.2, 0.25) is 0 Å². The third-order valence-corrected chi connectivity index (χ3v) is 4.31. The predicted octanol–water partition coefficient (Wildman–Crippen LogP) is 3.04. The van der Waals surface area contributed by atoms with E-state index in [9.17, 15) is 5.21 Å². The molecule has 0 radical (unpaired) electrons. The van der Waals surface area contributed by atoms with Gasteiger partial charge in [-0.2, -0.15) is 4.73 Å². The number of hydrogen-bond donors (Lipinski definition) is 1. The summed E-state index contributed by atoms with van der Waals surface area (Å²) in [5.41, 5.74) is 2.96. The molecule has 25 heavy (non-hydrogen) atoms. The second kappa shape index (κ2) is 6.62. The highest BCUT2D eigenvalue weighted by Gasteiger charge is 2.14. The van der Waals surface area contributed by atoms with Crippen LogP contribution in [0.4, 0.5) is 11.6 Å². The van der Waals surface area contributed by atoms with Crippen molar-refractivity contribution in [2.45, 2.75) is 0 Å². The van der Waals surface area contributed by atoms with Crippen LogP contribution in [0.15, 0.2) is 66.8 Å². The lowest BCUT2D eigenvalue weighted by molar-refractivity contribution is -0.604. The van der Waals surface area contributed by atoms with Gasteiger partial charge in [0, 0.05) is 24.0 Å². The van der Waals surface area contributed by atoms with Crippen molar-refractivity contribution in [2.75, 3.05) is 5.32 Å². The van der Waals surface area contributed by atoms with Crippen molar-refractivity contribution in [3.05, 3.63) is 72.0 Å². The zero-order valence-electron chi connectivity index (χ0n) is 12.9. The average molecular weight is 348 g/mol. The molecule has 0 unspecified atom stereocenters. The molecule has 8 heteroatoms. The SMILES string of the molecule is [O-][n+]1cccc(Nc2ncc(-c3ccncn3)c(-c3cccs3)n2)c1. The molecule has 0 aliphatic carbocycles. The minimum absolute atomic E-state index is 0.410. The number of nitrogens with one attached hydrogen (secondary N) is 1. The summed E-state index contributed by atoms with van der Waals surface area (Å²) in [6, 6.07) is 9.22. The lowest BCUT2D eigenvalue weighted by Gasteiger charge is -2.09. The summed E-state index contributed by atoms with van der Waals surface area (Å²) in [4.78, 5) is 18.2. The molecular weight excluding hydrogens is 336 g/mol. The van der Waals surface area contributed by atoms with Gasteiger partial charge in [0.25, 0.3) is 0 Å². The molecule has 0 saturated carbocycles. The molecule has 1 N–H and O–H groups in total. The Hall–Kier alpha value is -3.39. The molecule has 4 rings (SSSR count). The van der Waals surface area contributed by atoms with E-state index >= 15 is 0 Å². The van der Waals surface area contributed by atoms with Crippen molar-refractivity contribution >= 4 is 23.0 Å². The maximum atomic E-state index is 11.4. The van der Waals surface area contributed by atoms with E-state index in [-0.39, 0.29) is 0 Å². The molecule has 0 atom stereocenters. The fourth-order valence-corrected chi connectivity index (χ4v) is 3.07. The molecule has 0 aliphatic rings. The third-order valence-electron chi connectivity index (χ3n) is 3.43. The molecule has 0 amide bonds. The van der Waals surface area contributed by atoms with Gasteiger partial charge in [0.15, 0.2) is 6.20 Å². The van der Waals surface area contributed by atoms with E-state index in [0.717, 1.165) is 26.6 Å². The van der Waals surface area contributed by atoms with Crippen molar-refractivity contribution < 1.29 is 4.73 Å². The van der Waals surface area contributed by atoms with Gasteiger partial charge < -0.3 is 10.5 Å². The maximum absolute atomic E-state index is 11.4.